The topological polar surface area (TPSA) is 96.1 Å². The van der Waals surface area contributed by atoms with Crippen molar-refractivity contribution in [2.45, 2.75) is 0 Å². The number of benzene rings is 13. The van der Waals surface area contributed by atoms with Gasteiger partial charge in [-0.2, -0.15) is 10.5 Å². The molecule has 3 heterocycles. The van der Waals surface area contributed by atoms with Crippen LogP contribution in [0.25, 0.3) is 154 Å². The normalized spacial score (nSPS) is 11.3. The Morgan fingerprint density at radius 2 is 0.533 bits per heavy atom. The smallest absolute Gasteiger partial charge is 0.164 e. The SMILES string of the molecule is N#Cc1cc(-n2c3ccccc3c3ccccc3c3ccccc3c3cc(-c4ccccc4)ccc32)cc(C#N)c1-c1ccc2c(c1)c1ccccc1c1ccccc1n(-c1ccc(-c3nc(-c4ccccc4)nc(-c4ccccc4)n3)cc1)c1ccccc21. The fraction of sp³-hybridized carbons (Fsp3) is 0. The van der Waals surface area contributed by atoms with Crippen LogP contribution in [0, 0.1) is 22.7 Å². The van der Waals surface area contributed by atoms with Crippen molar-refractivity contribution in [3.8, 4) is 79.9 Å². The van der Waals surface area contributed by atoms with Crippen LogP contribution in [0.5, 0.6) is 0 Å². The van der Waals surface area contributed by atoms with Gasteiger partial charge in [-0.25, -0.2) is 15.0 Å². The maximum absolute atomic E-state index is 11.6. The molecule has 0 radical (unpaired) electrons. The van der Waals surface area contributed by atoms with Gasteiger partial charge in [0.25, 0.3) is 0 Å². The Labute approximate surface area is 518 Å². The highest BCUT2D eigenvalue weighted by Gasteiger charge is 2.20. The van der Waals surface area contributed by atoms with Crippen LogP contribution in [-0.4, -0.2) is 24.1 Å². The molecule has 0 atom stereocenters. The predicted molar refractivity (Wildman–Crippen MR) is 370 cm³/mol. The molecule has 0 aliphatic rings. The van der Waals surface area contributed by atoms with Gasteiger partial charge in [0, 0.05) is 55.2 Å². The second-order valence-electron chi connectivity index (χ2n) is 22.4. The van der Waals surface area contributed by atoms with E-state index in [2.05, 4.69) is 252 Å². The summed E-state index contributed by atoms with van der Waals surface area (Å²) < 4.78 is 4.59. The van der Waals surface area contributed by atoms with Crippen LogP contribution in [-0.2, 0) is 0 Å². The van der Waals surface area contributed by atoms with E-state index in [4.69, 9.17) is 15.0 Å². The van der Waals surface area contributed by atoms with Crippen LogP contribution in [0.15, 0.2) is 309 Å². The Morgan fingerprint density at radius 3 is 0.989 bits per heavy atom. The van der Waals surface area contributed by atoms with Crippen LogP contribution < -0.4 is 0 Å². The minimum absolute atomic E-state index is 0.381. The highest BCUT2D eigenvalue weighted by Crippen LogP contribution is 2.41. The molecular weight excluding hydrogens is 1090 g/mol. The highest BCUT2D eigenvalue weighted by molar-refractivity contribution is 6.22. The second kappa shape index (κ2) is 22.4. The van der Waals surface area contributed by atoms with Gasteiger partial charge in [-0.1, -0.05) is 237 Å². The van der Waals surface area contributed by atoms with E-state index in [0.717, 1.165) is 126 Å². The third kappa shape index (κ3) is 9.18. The van der Waals surface area contributed by atoms with E-state index in [1.165, 1.54) is 0 Å². The molecule has 0 bridgehead atoms. The summed E-state index contributed by atoms with van der Waals surface area (Å²) in [5.74, 6) is 1.78. The zero-order valence-electron chi connectivity index (χ0n) is 48.6. The van der Waals surface area contributed by atoms with Crippen LogP contribution in [0.4, 0.5) is 0 Å². The Bertz CT molecular complexity index is 5700. The van der Waals surface area contributed by atoms with Crippen LogP contribution in [0.1, 0.15) is 11.1 Å². The molecule has 0 aliphatic heterocycles. The van der Waals surface area contributed by atoms with Gasteiger partial charge in [0.05, 0.1) is 45.3 Å². The average molecular weight is 1150 g/mol. The van der Waals surface area contributed by atoms with E-state index in [9.17, 15) is 10.5 Å². The number of hydrogen-bond acceptors (Lipinski definition) is 5. The Hall–Kier alpha value is -12.6. The summed E-state index contributed by atoms with van der Waals surface area (Å²) in [4.78, 5) is 15.1. The minimum atomic E-state index is 0.381. The lowest BCUT2D eigenvalue weighted by Gasteiger charge is -2.17. The molecule has 0 spiro atoms. The number of para-hydroxylation sites is 3. The lowest BCUT2D eigenvalue weighted by Crippen LogP contribution is -2.01. The average Bonchev–Trinajstić information content (AvgIpc) is 1.77. The molecule has 0 fully saturated rings. The highest BCUT2D eigenvalue weighted by atomic mass is 15.0. The molecule has 0 saturated heterocycles. The van der Waals surface area contributed by atoms with Gasteiger partial charge in [0.15, 0.2) is 17.5 Å². The second-order valence-corrected chi connectivity index (χ2v) is 22.4. The summed E-state index contributed by atoms with van der Waals surface area (Å²) in [5.41, 5.74) is 12.4. The van der Waals surface area contributed by atoms with Crippen molar-refractivity contribution in [3.63, 3.8) is 0 Å². The molecule has 7 nitrogen and oxygen atoms in total. The first kappa shape index (κ1) is 53.0. The molecular formula is C83H51N7. The molecule has 418 valence electrons. The van der Waals surface area contributed by atoms with Crippen LogP contribution >= 0.6 is 0 Å². The zero-order chi connectivity index (χ0) is 60.1. The van der Waals surface area contributed by atoms with E-state index in [1.54, 1.807) is 0 Å². The zero-order valence-corrected chi connectivity index (χ0v) is 48.6. The van der Waals surface area contributed by atoms with E-state index < -0.39 is 0 Å². The van der Waals surface area contributed by atoms with E-state index >= 15 is 0 Å². The molecule has 0 N–H and O–H groups in total. The van der Waals surface area contributed by atoms with Gasteiger partial charge < -0.3 is 9.13 Å². The first-order chi connectivity index (χ1) is 44.6. The minimum Gasteiger partial charge on any atom is -0.309 e. The molecule has 16 rings (SSSR count). The van der Waals surface area contributed by atoms with E-state index in [0.29, 0.717) is 39.9 Å². The Kier molecular flexibility index (Phi) is 13.2. The summed E-state index contributed by atoms with van der Waals surface area (Å²) >= 11 is 0. The maximum atomic E-state index is 11.6. The predicted octanol–water partition coefficient (Wildman–Crippen LogP) is 21.0. The standard InChI is InChI=1S/C83H51N7/c84-52-60-48-63(90-78-39-21-17-34-71(78)66-30-12-10-28-64(66)65-29-11-15-33-69(65)75-50-58(43-47-79(75)90)54-22-4-1-5-23-54)49-61(53-85)80(60)59-42-46-70-73-36-18-20-38-77(73)89(76-37-19-16-35-72(76)67-31-13-14-32-68(67)74(70)51-59)62-44-40-57(41-45-62)83-87-81(55-24-6-2-7-25-55)86-82(88-83)56-26-8-3-9-27-56/h1-51H. The lowest BCUT2D eigenvalue weighted by molar-refractivity contribution is 1.07. The number of rotatable bonds is 7. The van der Waals surface area contributed by atoms with Crippen molar-refractivity contribution in [1.29, 1.82) is 10.5 Å². The van der Waals surface area contributed by atoms with Crippen molar-refractivity contribution in [2.24, 2.45) is 0 Å². The van der Waals surface area contributed by atoms with Gasteiger partial charge in [0.1, 0.15) is 0 Å². The number of nitriles is 2. The van der Waals surface area contributed by atoms with Crippen molar-refractivity contribution < 1.29 is 0 Å². The summed E-state index contributed by atoms with van der Waals surface area (Å²) in [6.45, 7) is 0. The molecule has 0 saturated carbocycles. The largest absolute Gasteiger partial charge is 0.309 e. The fourth-order valence-corrected chi connectivity index (χ4v) is 13.2. The molecule has 90 heavy (non-hydrogen) atoms. The third-order valence-corrected chi connectivity index (χ3v) is 17.3. The Morgan fingerprint density at radius 1 is 0.222 bits per heavy atom. The number of hydrogen-bond donors (Lipinski definition) is 0. The van der Waals surface area contributed by atoms with Crippen LogP contribution in [0.3, 0.4) is 0 Å². The van der Waals surface area contributed by atoms with Gasteiger partial charge in [-0.05, 0) is 133 Å². The van der Waals surface area contributed by atoms with Gasteiger partial charge in [0.2, 0.25) is 0 Å². The first-order valence-electron chi connectivity index (χ1n) is 30.0. The third-order valence-electron chi connectivity index (χ3n) is 17.3. The molecule has 7 heteroatoms. The van der Waals surface area contributed by atoms with Gasteiger partial charge in [-0.15, -0.1) is 0 Å². The number of fused-ring (bicyclic) bond motifs is 14. The van der Waals surface area contributed by atoms with Gasteiger partial charge in [-0.3, -0.25) is 0 Å². The molecule has 13 aromatic carbocycles. The molecule has 0 amide bonds. The van der Waals surface area contributed by atoms with E-state index in [1.807, 2.05) is 78.9 Å². The van der Waals surface area contributed by atoms with Gasteiger partial charge >= 0.3 is 0 Å². The molecule has 3 aromatic heterocycles. The molecule has 16 aromatic rings. The van der Waals surface area contributed by atoms with Crippen molar-refractivity contribution >= 4 is 86.7 Å². The molecule has 0 unspecified atom stereocenters. The molecule has 0 aliphatic carbocycles. The van der Waals surface area contributed by atoms with Crippen molar-refractivity contribution in [3.05, 3.63) is 321 Å². The first-order valence-corrected chi connectivity index (χ1v) is 30.0. The summed E-state index contributed by atoms with van der Waals surface area (Å²) in [6, 6.07) is 113. The maximum Gasteiger partial charge on any atom is 0.164 e. The lowest BCUT2D eigenvalue weighted by atomic mass is 9.91. The summed E-state index contributed by atoms with van der Waals surface area (Å²) in [5, 5.41) is 35.6. The number of aromatic nitrogens is 5. The van der Waals surface area contributed by atoms with Crippen molar-refractivity contribution in [1.82, 2.24) is 24.1 Å². The van der Waals surface area contributed by atoms with Crippen LogP contribution in [0.2, 0.25) is 0 Å². The summed E-state index contributed by atoms with van der Waals surface area (Å²) in [7, 11) is 0. The fourth-order valence-electron chi connectivity index (χ4n) is 13.2. The number of nitrogens with zero attached hydrogens (tertiary/aromatic N) is 7. The Balaban J connectivity index is 0.923. The van der Waals surface area contributed by atoms with E-state index in [-0.39, 0.29) is 0 Å². The monoisotopic (exact) mass is 1150 g/mol. The summed E-state index contributed by atoms with van der Waals surface area (Å²) in [6.07, 6.45) is 0. The van der Waals surface area contributed by atoms with Crippen molar-refractivity contribution in [2.75, 3.05) is 0 Å². The quantitative estimate of drug-likeness (QED) is 0.158.